The van der Waals surface area contributed by atoms with Crippen molar-refractivity contribution in [3.8, 4) is 0 Å². The summed E-state index contributed by atoms with van der Waals surface area (Å²) in [5, 5.41) is 2.76. The Morgan fingerprint density at radius 2 is 2.00 bits per heavy atom. The summed E-state index contributed by atoms with van der Waals surface area (Å²) >= 11 is 0. The van der Waals surface area contributed by atoms with E-state index in [1.807, 2.05) is 0 Å². The van der Waals surface area contributed by atoms with Crippen molar-refractivity contribution in [2.75, 3.05) is 25.4 Å². The van der Waals surface area contributed by atoms with Crippen molar-refractivity contribution in [2.24, 2.45) is 17.6 Å². The molecule has 0 bridgehead atoms. The van der Waals surface area contributed by atoms with E-state index in [0.29, 0.717) is 13.1 Å². The number of sulfonamides is 1. The lowest BCUT2D eigenvalue weighted by atomic mass is 9.95. The lowest BCUT2D eigenvalue weighted by Crippen LogP contribution is -2.39. The lowest BCUT2D eigenvalue weighted by Gasteiger charge is -2.17. The van der Waals surface area contributed by atoms with E-state index in [2.05, 4.69) is 10.0 Å². The topological polar surface area (TPSA) is 101 Å². The van der Waals surface area contributed by atoms with Gasteiger partial charge in [0.05, 0.1) is 5.75 Å². The number of hydrogen-bond donors (Lipinski definition) is 3. The molecular weight excluding hydrogens is 290 g/mol. The van der Waals surface area contributed by atoms with Crippen molar-refractivity contribution >= 4 is 28.3 Å². The Morgan fingerprint density at radius 3 is 2.58 bits per heavy atom. The molecule has 0 heterocycles. The Hall–Kier alpha value is -0.370. The van der Waals surface area contributed by atoms with Crippen molar-refractivity contribution in [1.82, 2.24) is 10.0 Å². The van der Waals surface area contributed by atoms with Crippen LogP contribution in [-0.4, -0.2) is 39.7 Å². The average Bonchev–Trinajstić information content (AvgIpc) is 2.82. The standard InChI is InChI=1S/C11H23N3O3S.ClH/c1-2-18(16,17)14-7-6-13-11(15)10-5-3-4-9(10)8-12;/h9-10,14H,2-8,12H2,1H3,(H,13,15);1H/t9-,10-;/m1./s1. The zero-order chi connectivity index (χ0) is 13.6. The number of nitrogens with one attached hydrogen (secondary N) is 2. The van der Waals surface area contributed by atoms with Gasteiger partial charge in [0.15, 0.2) is 0 Å². The van der Waals surface area contributed by atoms with Gasteiger partial charge in [-0.3, -0.25) is 4.79 Å². The van der Waals surface area contributed by atoms with Gasteiger partial charge in [0.1, 0.15) is 0 Å². The zero-order valence-corrected chi connectivity index (χ0v) is 12.9. The fourth-order valence-corrected chi connectivity index (χ4v) is 2.91. The minimum absolute atomic E-state index is 0. The molecule has 1 fully saturated rings. The van der Waals surface area contributed by atoms with Gasteiger partial charge in [-0.15, -0.1) is 12.4 Å². The number of hydrogen-bond acceptors (Lipinski definition) is 4. The van der Waals surface area contributed by atoms with Crippen molar-refractivity contribution in [2.45, 2.75) is 26.2 Å². The summed E-state index contributed by atoms with van der Waals surface area (Å²) in [6, 6.07) is 0. The molecule has 1 saturated carbocycles. The molecule has 19 heavy (non-hydrogen) atoms. The Morgan fingerprint density at radius 1 is 1.32 bits per heavy atom. The molecule has 0 aromatic carbocycles. The molecule has 1 rings (SSSR count). The van der Waals surface area contributed by atoms with E-state index in [0.717, 1.165) is 19.3 Å². The van der Waals surface area contributed by atoms with Gasteiger partial charge < -0.3 is 11.1 Å². The van der Waals surface area contributed by atoms with Crippen LogP contribution in [0.3, 0.4) is 0 Å². The number of nitrogens with two attached hydrogens (primary N) is 1. The van der Waals surface area contributed by atoms with Crippen LogP contribution < -0.4 is 15.8 Å². The first-order valence-electron chi connectivity index (χ1n) is 6.45. The third-order valence-corrected chi connectivity index (χ3v) is 4.83. The van der Waals surface area contributed by atoms with Crippen LogP contribution in [0.25, 0.3) is 0 Å². The van der Waals surface area contributed by atoms with E-state index in [-0.39, 0.29) is 42.4 Å². The lowest BCUT2D eigenvalue weighted by molar-refractivity contribution is -0.125. The van der Waals surface area contributed by atoms with E-state index < -0.39 is 10.0 Å². The molecule has 0 spiro atoms. The predicted octanol–water partition coefficient (Wildman–Crippen LogP) is -0.161. The molecule has 6 nitrogen and oxygen atoms in total. The molecule has 1 aliphatic carbocycles. The maximum absolute atomic E-state index is 11.9. The number of amides is 1. The molecule has 0 radical (unpaired) electrons. The van der Waals surface area contributed by atoms with Gasteiger partial charge in [0, 0.05) is 19.0 Å². The fraction of sp³-hybridized carbons (Fsp3) is 0.909. The van der Waals surface area contributed by atoms with E-state index in [4.69, 9.17) is 5.73 Å². The summed E-state index contributed by atoms with van der Waals surface area (Å²) in [5.74, 6) is 0.326. The second-order valence-corrected chi connectivity index (χ2v) is 6.72. The van der Waals surface area contributed by atoms with Gasteiger partial charge in [-0.2, -0.15) is 0 Å². The Kier molecular flexibility index (Phi) is 8.56. The zero-order valence-electron chi connectivity index (χ0n) is 11.2. The highest BCUT2D eigenvalue weighted by Crippen LogP contribution is 2.30. The Bertz CT molecular complexity index is 375. The first kappa shape index (κ1) is 18.6. The van der Waals surface area contributed by atoms with E-state index in [1.54, 1.807) is 6.92 Å². The first-order chi connectivity index (χ1) is 8.50. The highest BCUT2D eigenvalue weighted by molar-refractivity contribution is 7.89. The first-order valence-corrected chi connectivity index (χ1v) is 8.10. The minimum atomic E-state index is -3.17. The molecule has 1 aliphatic rings. The second kappa shape index (κ2) is 8.73. The molecule has 114 valence electrons. The molecule has 0 aromatic heterocycles. The van der Waals surface area contributed by atoms with Gasteiger partial charge in [-0.25, -0.2) is 13.1 Å². The summed E-state index contributed by atoms with van der Waals surface area (Å²) in [7, 11) is -3.17. The van der Waals surface area contributed by atoms with E-state index >= 15 is 0 Å². The molecule has 0 unspecified atom stereocenters. The maximum atomic E-state index is 11.9. The number of rotatable bonds is 7. The van der Waals surface area contributed by atoms with Crippen LogP contribution in [0.15, 0.2) is 0 Å². The van der Waals surface area contributed by atoms with Crippen molar-refractivity contribution < 1.29 is 13.2 Å². The molecule has 8 heteroatoms. The van der Waals surface area contributed by atoms with E-state index in [9.17, 15) is 13.2 Å². The highest BCUT2D eigenvalue weighted by atomic mass is 35.5. The summed E-state index contributed by atoms with van der Waals surface area (Å²) in [6.45, 7) is 2.68. The van der Waals surface area contributed by atoms with Crippen LogP contribution in [0.1, 0.15) is 26.2 Å². The van der Waals surface area contributed by atoms with Crippen LogP contribution in [0, 0.1) is 11.8 Å². The third-order valence-electron chi connectivity index (χ3n) is 3.42. The van der Waals surface area contributed by atoms with Crippen molar-refractivity contribution in [3.05, 3.63) is 0 Å². The molecule has 2 atom stereocenters. The van der Waals surface area contributed by atoms with Crippen LogP contribution in [0.4, 0.5) is 0 Å². The summed E-state index contributed by atoms with van der Waals surface area (Å²) in [5.41, 5.74) is 5.62. The predicted molar refractivity (Wildman–Crippen MR) is 77.6 cm³/mol. The van der Waals surface area contributed by atoms with Gasteiger partial charge in [0.25, 0.3) is 0 Å². The summed E-state index contributed by atoms with van der Waals surface area (Å²) < 4.78 is 24.7. The van der Waals surface area contributed by atoms with Crippen LogP contribution in [0.2, 0.25) is 0 Å². The quantitative estimate of drug-likeness (QED) is 0.568. The smallest absolute Gasteiger partial charge is 0.223 e. The third kappa shape index (κ3) is 6.07. The Balaban J connectivity index is 0.00000324. The fourth-order valence-electron chi connectivity index (χ4n) is 2.29. The normalized spacial score (nSPS) is 22.8. The summed E-state index contributed by atoms with van der Waals surface area (Å²) in [4.78, 5) is 11.9. The van der Waals surface area contributed by atoms with Crippen LogP contribution >= 0.6 is 12.4 Å². The van der Waals surface area contributed by atoms with Crippen LogP contribution in [-0.2, 0) is 14.8 Å². The number of carbonyl (C=O) groups excluding carboxylic acids is 1. The van der Waals surface area contributed by atoms with E-state index in [1.165, 1.54) is 0 Å². The second-order valence-electron chi connectivity index (χ2n) is 4.62. The molecule has 0 saturated heterocycles. The minimum Gasteiger partial charge on any atom is -0.355 e. The maximum Gasteiger partial charge on any atom is 0.223 e. The molecule has 0 aliphatic heterocycles. The SMILES string of the molecule is CCS(=O)(=O)NCCNC(=O)[C@@H]1CCC[C@@H]1CN.Cl. The average molecular weight is 314 g/mol. The van der Waals surface area contributed by atoms with Crippen LogP contribution in [0.5, 0.6) is 0 Å². The number of halogens is 1. The van der Waals surface area contributed by atoms with Crippen molar-refractivity contribution in [3.63, 3.8) is 0 Å². The highest BCUT2D eigenvalue weighted by Gasteiger charge is 2.31. The Labute approximate surface area is 121 Å². The monoisotopic (exact) mass is 313 g/mol. The van der Waals surface area contributed by atoms with Gasteiger partial charge in [-0.05, 0) is 32.2 Å². The van der Waals surface area contributed by atoms with Gasteiger partial charge in [0.2, 0.25) is 15.9 Å². The largest absolute Gasteiger partial charge is 0.355 e. The number of carbonyl (C=O) groups is 1. The van der Waals surface area contributed by atoms with Crippen molar-refractivity contribution in [1.29, 1.82) is 0 Å². The molecule has 4 N–H and O–H groups in total. The summed E-state index contributed by atoms with van der Waals surface area (Å²) in [6.07, 6.45) is 2.94. The van der Waals surface area contributed by atoms with Gasteiger partial charge in [-0.1, -0.05) is 6.42 Å². The molecule has 1 amide bonds. The van der Waals surface area contributed by atoms with Gasteiger partial charge >= 0.3 is 0 Å². The molecular formula is C11H24ClN3O3S. The molecule has 0 aromatic rings.